The van der Waals surface area contributed by atoms with Crippen molar-refractivity contribution in [2.45, 2.75) is 6.54 Å². The first-order chi connectivity index (χ1) is 8.99. The lowest BCUT2D eigenvalue weighted by Crippen LogP contribution is -2.19. The second-order valence-electron chi connectivity index (χ2n) is 3.92. The van der Waals surface area contributed by atoms with E-state index in [0.29, 0.717) is 5.56 Å². The van der Waals surface area contributed by atoms with Crippen molar-refractivity contribution in [3.05, 3.63) is 67.0 Å². The molecule has 0 atom stereocenters. The molecule has 98 valence electrons. The molecular formula is C12H10BrN3O3. The molecule has 0 unspecified atom stereocenters. The Kier molecular flexibility index (Phi) is 3.66. The molecule has 0 amide bonds. The number of pyridine rings is 1. The number of nitrogens with two attached hydrogens (primary N) is 1. The summed E-state index contributed by atoms with van der Waals surface area (Å²) in [7, 11) is 0. The van der Waals surface area contributed by atoms with Crippen molar-refractivity contribution in [3.63, 3.8) is 0 Å². The number of nitrogen functional groups attached to an aromatic ring is 1. The van der Waals surface area contributed by atoms with Crippen molar-refractivity contribution < 1.29 is 4.92 Å². The van der Waals surface area contributed by atoms with Gasteiger partial charge >= 0.3 is 0 Å². The molecule has 2 rings (SSSR count). The molecule has 0 radical (unpaired) electrons. The number of para-hydroxylation sites is 1. The highest BCUT2D eigenvalue weighted by atomic mass is 79.9. The number of hydrogen-bond acceptors (Lipinski definition) is 4. The van der Waals surface area contributed by atoms with Gasteiger partial charge in [-0.25, -0.2) is 0 Å². The second-order valence-corrected chi connectivity index (χ2v) is 4.84. The first-order valence-corrected chi connectivity index (χ1v) is 6.16. The topological polar surface area (TPSA) is 91.2 Å². The van der Waals surface area contributed by atoms with Gasteiger partial charge in [0.1, 0.15) is 5.69 Å². The van der Waals surface area contributed by atoms with Gasteiger partial charge in [-0.3, -0.25) is 14.9 Å². The van der Waals surface area contributed by atoms with E-state index in [-0.39, 0.29) is 23.5 Å². The van der Waals surface area contributed by atoms with Crippen LogP contribution in [0.3, 0.4) is 0 Å². The van der Waals surface area contributed by atoms with Crippen molar-refractivity contribution in [1.82, 2.24) is 4.57 Å². The maximum absolute atomic E-state index is 11.7. The Bertz CT molecular complexity index is 697. The van der Waals surface area contributed by atoms with Crippen LogP contribution in [0.2, 0.25) is 0 Å². The van der Waals surface area contributed by atoms with Gasteiger partial charge in [-0.15, -0.1) is 0 Å². The molecule has 0 aliphatic heterocycles. The Morgan fingerprint density at radius 3 is 2.74 bits per heavy atom. The van der Waals surface area contributed by atoms with Crippen molar-refractivity contribution >= 4 is 27.3 Å². The Balaban J connectivity index is 2.44. The van der Waals surface area contributed by atoms with Gasteiger partial charge in [0.15, 0.2) is 0 Å². The molecule has 0 aliphatic rings. The Hall–Kier alpha value is -2.15. The number of aromatic nitrogens is 1. The van der Waals surface area contributed by atoms with E-state index in [1.165, 1.54) is 16.7 Å². The van der Waals surface area contributed by atoms with Crippen LogP contribution in [-0.4, -0.2) is 9.49 Å². The van der Waals surface area contributed by atoms with E-state index in [0.717, 1.165) is 4.47 Å². The summed E-state index contributed by atoms with van der Waals surface area (Å²) in [5.74, 6) is 0. The van der Waals surface area contributed by atoms with E-state index in [4.69, 9.17) is 5.73 Å². The monoisotopic (exact) mass is 323 g/mol. The van der Waals surface area contributed by atoms with Gasteiger partial charge in [0.2, 0.25) is 0 Å². The SMILES string of the molecule is Nc1c(Cn2cc(Br)ccc2=O)cccc1[N+](=O)[O-]. The molecule has 0 saturated heterocycles. The Morgan fingerprint density at radius 1 is 1.32 bits per heavy atom. The van der Waals surface area contributed by atoms with Gasteiger partial charge in [0.25, 0.3) is 11.2 Å². The highest BCUT2D eigenvalue weighted by molar-refractivity contribution is 9.10. The maximum atomic E-state index is 11.7. The Morgan fingerprint density at radius 2 is 2.05 bits per heavy atom. The molecule has 7 heteroatoms. The quantitative estimate of drug-likeness (QED) is 0.532. The van der Waals surface area contributed by atoms with Gasteiger partial charge in [-0.05, 0) is 22.0 Å². The minimum Gasteiger partial charge on any atom is -0.393 e. The van der Waals surface area contributed by atoms with Gasteiger partial charge in [0, 0.05) is 28.4 Å². The third-order valence-electron chi connectivity index (χ3n) is 2.66. The van der Waals surface area contributed by atoms with Crippen LogP contribution in [-0.2, 0) is 6.54 Å². The summed E-state index contributed by atoms with van der Waals surface area (Å²) in [5, 5.41) is 10.8. The Labute approximate surface area is 116 Å². The summed E-state index contributed by atoms with van der Waals surface area (Å²) in [6.07, 6.45) is 1.61. The summed E-state index contributed by atoms with van der Waals surface area (Å²) in [4.78, 5) is 21.9. The van der Waals surface area contributed by atoms with Crippen LogP contribution in [0.25, 0.3) is 0 Å². The highest BCUT2D eigenvalue weighted by Crippen LogP contribution is 2.25. The number of nitro groups is 1. The summed E-state index contributed by atoms with van der Waals surface area (Å²) in [6.45, 7) is 0.186. The summed E-state index contributed by atoms with van der Waals surface area (Å²) in [5.41, 5.74) is 6.02. The normalized spacial score (nSPS) is 10.4. The molecule has 1 aromatic carbocycles. The molecule has 0 saturated carbocycles. The van der Waals surface area contributed by atoms with Gasteiger partial charge in [-0.2, -0.15) is 0 Å². The van der Waals surface area contributed by atoms with Crippen LogP contribution in [0, 0.1) is 10.1 Å². The minimum atomic E-state index is -0.539. The van der Waals surface area contributed by atoms with E-state index in [9.17, 15) is 14.9 Å². The highest BCUT2D eigenvalue weighted by Gasteiger charge is 2.14. The molecule has 19 heavy (non-hydrogen) atoms. The molecule has 6 nitrogen and oxygen atoms in total. The third kappa shape index (κ3) is 2.82. The predicted molar refractivity (Wildman–Crippen MR) is 75.0 cm³/mol. The van der Waals surface area contributed by atoms with Crippen molar-refractivity contribution in [3.8, 4) is 0 Å². The van der Waals surface area contributed by atoms with Crippen LogP contribution in [0.4, 0.5) is 11.4 Å². The van der Waals surface area contributed by atoms with Crippen LogP contribution < -0.4 is 11.3 Å². The lowest BCUT2D eigenvalue weighted by molar-refractivity contribution is -0.383. The smallest absolute Gasteiger partial charge is 0.292 e. The van der Waals surface area contributed by atoms with E-state index in [1.807, 2.05) is 0 Å². The number of rotatable bonds is 3. The molecule has 2 aromatic rings. The zero-order chi connectivity index (χ0) is 14.0. The van der Waals surface area contributed by atoms with Crippen molar-refractivity contribution in [1.29, 1.82) is 0 Å². The number of nitrogens with zero attached hydrogens (tertiary/aromatic N) is 2. The van der Waals surface area contributed by atoms with Crippen LogP contribution in [0.5, 0.6) is 0 Å². The molecule has 1 aromatic heterocycles. The molecule has 1 heterocycles. The number of benzene rings is 1. The number of anilines is 1. The first kappa shape index (κ1) is 13.3. The standard InChI is InChI=1S/C12H10BrN3O3/c13-9-4-5-11(17)15(7-9)6-8-2-1-3-10(12(8)14)16(18)19/h1-5,7H,6,14H2. The van der Waals surface area contributed by atoms with E-state index in [1.54, 1.807) is 24.4 Å². The van der Waals surface area contributed by atoms with Crippen LogP contribution >= 0.6 is 15.9 Å². The van der Waals surface area contributed by atoms with Crippen molar-refractivity contribution in [2.75, 3.05) is 5.73 Å². The third-order valence-corrected chi connectivity index (χ3v) is 3.13. The largest absolute Gasteiger partial charge is 0.393 e. The van der Waals surface area contributed by atoms with E-state index >= 15 is 0 Å². The predicted octanol–water partition coefficient (Wildman–Crippen LogP) is 2.15. The van der Waals surface area contributed by atoms with Gasteiger partial charge in [-0.1, -0.05) is 12.1 Å². The average Bonchev–Trinajstić information content (AvgIpc) is 2.36. The molecule has 2 N–H and O–H groups in total. The molecular weight excluding hydrogens is 314 g/mol. The number of halogens is 1. The molecule has 0 bridgehead atoms. The number of hydrogen-bond donors (Lipinski definition) is 1. The van der Waals surface area contributed by atoms with Crippen LogP contribution in [0.1, 0.15) is 5.56 Å². The summed E-state index contributed by atoms with van der Waals surface area (Å²) in [6, 6.07) is 7.60. The molecule has 0 fully saturated rings. The fraction of sp³-hybridized carbons (Fsp3) is 0.0833. The van der Waals surface area contributed by atoms with E-state index in [2.05, 4.69) is 15.9 Å². The van der Waals surface area contributed by atoms with E-state index < -0.39 is 4.92 Å². The summed E-state index contributed by atoms with van der Waals surface area (Å²) >= 11 is 3.27. The second kappa shape index (κ2) is 5.23. The fourth-order valence-corrected chi connectivity index (χ4v) is 2.09. The average molecular weight is 324 g/mol. The lowest BCUT2D eigenvalue weighted by Gasteiger charge is -2.08. The number of nitro benzene ring substituents is 1. The maximum Gasteiger partial charge on any atom is 0.292 e. The lowest BCUT2D eigenvalue weighted by atomic mass is 10.1. The first-order valence-electron chi connectivity index (χ1n) is 5.37. The van der Waals surface area contributed by atoms with Gasteiger partial charge in [0.05, 0.1) is 11.5 Å². The fourth-order valence-electron chi connectivity index (χ4n) is 1.71. The molecule has 0 spiro atoms. The summed E-state index contributed by atoms with van der Waals surface area (Å²) < 4.78 is 2.18. The molecule has 0 aliphatic carbocycles. The zero-order valence-corrected chi connectivity index (χ0v) is 11.3. The van der Waals surface area contributed by atoms with Gasteiger partial charge < -0.3 is 10.3 Å². The minimum absolute atomic E-state index is 0.0828. The van der Waals surface area contributed by atoms with Crippen LogP contribution in [0.15, 0.2) is 45.8 Å². The zero-order valence-electron chi connectivity index (χ0n) is 9.75. The van der Waals surface area contributed by atoms with Crippen molar-refractivity contribution in [2.24, 2.45) is 0 Å².